The van der Waals surface area contributed by atoms with Crippen LogP contribution in [0.5, 0.6) is 17.2 Å². The molecule has 0 saturated heterocycles. The Bertz CT molecular complexity index is 1530. The second-order valence-electron chi connectivity index (χ2n) is 7.45. The van der Waals surface area contributed by atoms with E-state index in [4.69, 9.17) is 0 Å². The third-order valence-corrected chi connectivity index (χ3v) is 7.28. The summed E-state index contributed by atoms with van der Waals surface area (Å²) in [6.45, 7) is 0. The Morgan fingerprint density at radius 2 is 1.17 bits per heavy atom. The first-order chi connectivity index (χ1) is 16.7. The van der Waals surface area contributed by atoms with Crippen LogP contribution in [-0.4, -0.2) is 36.2 Å². The number of aliphatic imine (C=N–C) groups is 2. The molecule has 0 aliphatic heterocycles. The lowest BCUT2D eigenvalue weighted by atomic mass is 10.2. The van der Waals surface area contributed by atoms with E-state index in [1.165, 1.54) is 54.9 Å². The standard InChI is InChI=1S/C26H19BrN2O5S/c27-19-2-12-25(31)18(13-19)16-29-21-5-10-24(11-6-21)35(33,34)23-8-3-20(4-9-23)28-15-17-1-7-22(30)14-26(17)32/h1-16,30-32H. The van der Waals surface area contributed by atoms with E-state index in [1.54, 1.807) is 42.5 Å². The van der Waals surface area contributed by atoms with E-state index in [9.17, 15) is 23.7 Å². The van der Waals surface area contributed by atoms with Gasteiger partial charge in [-0.05, 0) is 78.9 Å². The van der Waals surface area contributed by atoms with Crippen molar-refractivity contribution in [3.63, 3.8) is 0 Å². The first-order valence-corrected chi connectivity index (χ1v) is 12.5. The number of hydrogen-bond donors (Lipinski definition) is 3. The maximum absolute atomic E-state index is 13.0. The smallest absolute Gasteiger partial charge is 0.206 e. The number of benzene rings is 4. The van der Waals surface area contributed by atoms with Gasteiger partial charge < -0.3 is 15.3 Å². The number of hydrogen-bond acceptors (Lipinski definition) is 7. The lowest BCUT2D eigenvalue weighted by Crippen LogP contribution is -2.01. The average Bonchev–Trinajstić information content (AvgIpc) is 2.84. The molecule has 7 nitrogen and oxygen atoms in total. The van der Waals surface area contributed by atoms with Gasteiger partial charge in [-0.3, -0.25) is 9.98 Å². The van der Waals surface area contributed by atoms with Gasteiger partial charge in [0.2, 0.25) is 9.84 Å². The predicted molar refractivity (Wildman–Crippen MR) is 138 cm³/mol. The normalized spacial score (nSPS) is 11.9. The predicted octanol–water partition coefficient (Wildman–Crippen LogP) is 5.90. The Kier molecular flexibility index (Phi) is 6.99. The minimum atomic E-state index is -3.75. The second-order valence-corrected chi connectivity index (χ2v) is 10.3. The summed E-state index contributed by atoms with van der Waals surface area (Å²) in [4.78, 5) is 8.76. The van der Waals surface area contributed by atoms with Crippen LogP contribution in [0.25, 0.3) is 0 Å². The van der Waals surface area contributed by atoms with Crippen LogP contribution >= 0.6 is 15.9 Å². The number of nitrogens with zero attached hydrogens (tertiary/aromatic N) is 2. The topological polar surface area (TPSA) is 120 Å². The molecule has 0 fully saturated rings. The Morgan fingerprint density at radius 3 is 1.71 bits per heavy atom. The maximum Gasteiger partial charge on any atom is 0.206 e. The molecule has 4 aromatic rings. The zero-order valence-electron chi connectivity index (χ0n) is 18.1. The summed E-state index contributed by atoms with van der Waals surface area (Å²) in [7, 11) is -3.75. The molecule has 0 atom stereocenters. The Hall–Kier alpha value is -3.95. The van der Waals surface area contributed by atoms with E-state index >= 15 is 0 Å². The summed E-state index contributed by atoms with van der Waals surface area (Å²) in [6, 6.07) is 21.3. The summed E-state index contributed by atoms with van der Waals surface area (Å²) in [5, 5.41) is 29.1. The summed E-state index contributed by atoms with van der Waals surface area (Å²) in [6.07, 6.45) is 2.92. The molecule has 0 saturated carbocycles. The number of aromatic hydroxyl groups is 3. The van der Waals surface area contributed by atoms with E-state index in [0.717, 1.165) is 4.47 Å². The quantitative estimate of drug-likeness (QED) is 0.258. The molecule has 0 aromatic heterocycles. The van der Waals surface area contributed by atoms with Crippen molar-refractivity contribution in [3.8, 4) is 17.2 Å². The van der Waals surface area contributed by atoms with Crippen LogP contribution < -0.4 is 0 Å². The molecule has 35 heavy (non-hydrogen) atoms. The van der Waals surface area contributed by atoms with Crippen LogP contribution in [0.4, 0.5) is 11.4 Å². The van der Waals surface area contributed by atoms with Crippen molar-refractivity contribution in [1.82, 2.24) is 0 Å². The lowest BCUT2D eigenvalue weighted by molar-refractivity contribution is 0.450. The van der Waals surface area contributed by atoms with Gasteiger partial charge in [0.25, 0.3) is 0 Å². The number of phenols is 3. The van der Waals surface area contributed by atoms with E-state index in [1.807, 2.05) is 0 Å². The van der Waals surface area contributed by atoms with Crippen molar-refractivity contribution in [2.24, 2.45) is 9.98 Å². The van der Waals surface area contributed by atoms with Crippen molar-refractivity contribution in [2.45, 2.75) is 9.79 Å². The highest BCUT2D eigenvalue weighted by Crippen LogP contribution is 2.27. The monoisotopic (exact) mass is 550 g/mol. The molecule has 9 heteroatoms. The van der Waals surface area contributed by atoms with Gasteiger partial charge in [-0.25, -0.2) is 8.42 Å². The lowest BCUT2D eigenvalue weighted by Gasteiger charge is -2.06. The minimum Gasteiger partial charge on any atom is -0.508 e. The second kappa shape index (κ2) is 10.1. The molecular weight excluding hydrogens is 532 g/mol. The van der Waals surface area contributed by atoms with E-state index in [-0.39, 0.29) is 27.0 Å². The van der Waals surface area contributed by atoms with Gasteiger partial charge in [-0.15, -0.1) is 0 Å². The Balaban J connectivity index is 1.49. The average molecular weight is 551 g/mol. The van der Waals surface area contributed by atoms with Crippen LogP contribution in [0.15, 0.2) is 109 Å². The van der Waals surface area contributed by atoms with Crippen molar-refractivity contribution in [3.05, 3.63) is 101 Å². The van der Waals surface area contributed by atoms with Crippen LogP contribution in [0.3, 0.4) is 0 Å². The minimum absolute atomic E-state index is 0.0576. The van der Waals surface area contributed by atoms with Gasteiger partial charge in [0, 0.05) is 34.1 Å². The fraction of sp³-hybridized carbons (Fsp3) is 0. The van der Waals surface area contributed by atoms with Crippen LogP contribution in [-0.2, 0) is 9.84 Å². The third-order valence-electron chi connectivity index (χ3n) is 5.00. The van der Waals surface area contributed by atoms with Gasteiger partial charge in [0.1, 0.15) is 17.2 Å². The molecule has 0 unspecified atom stereocenters. The van der Waals surface area contributed by atoms with Gasteiger partial charge in [-0.1, -0.05) is 15.9 Å². The SMILES string of the molecule is O=S(=O)(c1ccc(N=Cc2ccc(O)cc2O)cc1)c1ccc(N=Cc2cc(Br)ccc2O)cc1. The summed E-state index contributed by atoms with van der Waals surface area (Å²) < 4.78 is 26.8. The number of halogens is 1. The molecule has 0 aliphatic carbocycles. The zero-order valence-corrected chi connectivity index (χ0v) is 20.5. The maximum atomic E-state index is 13.0. The largest absolute Gasteiger partial charge is 0.508 e. The molecule has 0 bridgehead atoms. The van der Waals surface area contributed by atoms with Crippen molar-refractivity contribution in [2.75, 3.05) is 0 Å². The van der Waals surface area contributed by atoms with Gasteiger partial charge in [0.05, 0.1) is 21.2 Å². The molecule has 0 spiro atoms. The number of sulfone groups is 1. The summed E-state index contributed by atoms with van der Waals surface area (Å²) in [5.41, 5.74) is 1.97. The molecule has 0 aliphatic rings. The van der Waals surface area contributed by atoms with Gasteiger partial charge >= 0.3 is 0 Å². The van der Waals surface area contributed by atoms with Crippen LogP contribution in [0, 0.1) is 0 Å². The Morgan fingerprint density at radius 1 is 0.629 bits per heavy atom. The van der Waals surface area contributed by atoms with Crippen molar-refractivity contribution >= 4 is 49.6 Å². The number of phenolic OH excluding ortho intramolecular Hbond substituents is 3. The molecule has 4 aromatic carbocycles. The van der Waals surface area contributed by atoms with Gasteiger partial charge in [0.15, 0.2) is 0 Å². The molecule has 3 N–H and O–H groups in total. The van der Waals surface area contributed by atoms with Crippen LogP contribution in [0.2, 0.25) is 0 Å². The fourth-order valence-electron chi connectivity index (χ4n) is 3.12. The van der Waals surface area contributed by atoms with Crippen molar-refractivity contribution in [1.29, 1.82) is 0 Å². The fourth-order valence-corrected chi connectivity index (χ4v) is 4.76. The highest BCUT2D eigenvalue weighted by Gasteiger charge is 2.17. The molecule has 0 radical (unpaired) electrons. The van der Waals surface area contributed by atoms with Crippen LogP contribution in [0.1, 0.15) is 11.1 Å². The van der Waals surface area contributed by atoms with E-state index in [2.05, 4.69) is 25.9 Å². The van der Waals surface area contributed by atoms with E-state index < -0.39 is 9.84 Å². The number of rotatable bonds is 6. The highest BCUT2D eigenvalue weighted by molar-refractivity contribution is 9.10. The first-order valence-electron chi connectivity index (χ1n) is 10.3. The third kappa shape index (κ3) is 5.76. The first kappa shape index (κ1) is 24.2. The molecule has 176 valence electrons. The molecule has 4 rings (SSSR count). The highest BCUT2D eigenvalue weighted by atomic mass is 79.9. The Labute approximate surface area is 210 Å². The molecule has 0 heterocycles. The molecule has 0 amide bonds. The van der Waals surface area contributed by atoms with Crippen molar-refractivity contribution < 1.29 is 23.7 Å². The summed E-state index contributed by atoms with van der Waals surface area (Å²) >= 11 is 3.34. The molecular formula is C26H19BrN2O5S. The summed E-state index contributed by atoms with van der Waals surface area (Å²) in [5.74, 6) is -0.0873. The van der Waals surface area contributed by atoms with Gasteiger partial charge in [-0.2, -0.15) is 0 Å². The zero-order chi connectivity index (χ0) is 25.0. The van der Waals surface area contributed by atoms with E-state index in [0.29, 0.717) is 22.5 Å².